The number of anilines is 1. The Hall–Kier alpha value is -0.670. The Bertz CT molecular complexity index is 368. The van der Waals surface area contributed by atoms with Crippen molar-refractivity contribution in [3.63, 3.8) is 0 Å². The molecule has 1 aliphatic rings. The normalized spacial score (nSPS) is 26.9. The molecule has 3 unspecified atom stereocenters. The predicted molar refractivity (Wildman–Crippen MR) is 77.8 cm³/mol. The molecule has 0 spiro atoms. The first kappa shape index (κ1) is 12.8. The smallest absolute Gasteiger partial charge is 0.0415 e. The van der Waals surface area contributed by atoms with E-state index < -0.39 is 0 Å². The first-order valence-electron chi connectivity index (χ1n) is 6.33. The van der Waals surface area contributed by atoms with E-state index in [0.717, 1.165) is 13.1 Å². The second kappa shape index (κ2) is 5.32. The molecule has 0 aromatic heterocycles. The average molecular weight is 250 g/mol. The number of hydrogen-bond acceptors (Lipinski definition) is 3. The minimum absolute atomic E-state index is 0.103. The Morgan fingerprint density at radius 2 is 1.82 bits per heavy atom. The Labute approximate surface area is 109 Å². The summed E-state index contributed by atoms with van der Waals surface area (Å²) in [6, 6.07) is 8.64. The van der Waals surface area contributed by atoms with Crippen LogP contribution >= 0.6 is 11.8 Å². The van der Waals surface area contributed by atoms with Crippen LogP contribution in [-0.4, -0.2) is 23.6 Å². The lowest BCUT2D eigenvalue weighted by Crippen LogP contribution is -2.41. The van der Waals surface area contributed by atoms with Crippen LogP contribution in [0.4, 0.5) is 5.69 Å². The lowest BCUT2D eigenvalue weighted by atomic mass is 10.1. The largest absolute Gasteiger partial charge is 0.369 e. The van der Waals surface area contributed by atoms with Crippen LogP contribution in [0.15, 0.2) is 24.3 Å². The predicted octanol–water partition coefficient (Wildman–Crippen LogP) is 3.04. The van der Waals surface area contributed by atoms with Gasteiger partial charge in [0, 0.05) is 35.3 Å². The molecular weight excluding hydrogens is 228 g/mol. The Morgan fingerprint density at radius 1 is 1.24 bits per heavy atom. The van der Waals surface area contributed by atoms with Gasteiger partial charge in [0.1, 0.15) is 0 Å². The van der Waals surface area contributed by atoms with Gasteiger partial charge in [-0.15, -0.1) is 0 Å². The Kier molecular flexibility index (Phi) is 4.00. The van der Waals surface area contributed by atoms with Gasteiger partial charge in [-0.3, -0.25) is 0 Å². The van der Waals surface area contributed by atoms with Gasteiger partial charge in [0.05, 0.1) is 0 Å². The number of nitrogens with zero attached hydrogens (tertiary/aromatic N) is 1. The molecule has 0 saturated carbocycles. The van der Waals surface area contributed by atoms with Gasteiger partial charge in [0.15, 0.2) is 0 Å². The van der Waals surface area contributed by atoms with E-state index in [4.69, 9.17) is 5.73 Å². The van der Waals surface area contributed by atoms with E-state index in [0.29, 0.717) is 10.5 Å². The average Bonchev–Trinajstić information content (AvgIpc) is 2.27. The number of rotatable bonds is 2. The van der Waals surface area contributed by atoms with Crippen molar-refractivity contribution in [2.75, 3.05) is 18.0 Å². The van der Waals surface area contributed by atoms with Crippen molar-refractivity contribution < 1.29 is 0 Å². The lowest BCUT2D eigenvalue weighted by molar-refractivity contribution is 0.714. The van der Waals surface area contributed by atoms with Crippen molar-refractivity contribution >= 4 is 17.4 Å². The Morgan fingerprint density at radius 3 is 2.41 bits per heavy atom. The number of nitrogens with two attached hydrogens (primary N) is 1. The molecule has 1 saturated heterocycles. The third-order valence-corrected chi connectivity index (χ3v) is 4.41. The van der Waals surface area contributed by atoms with Gasteiger partial charge in [-0.25, -0.2) is 0 Å². The molecule has 1 aromatic carbocycles. The summed E-state index contributed by atoms with van der Waals surface area (Å²) in [5.74, 6) is 0. The molecule has 0 bridgehead atoms. The number of hydrogen-bond donors (Lipinski definition) is 1. The van der Waals surface area contributed by atoms with E-state index in [1.165, 1.54) is 11.3 Å². The summed E-state index contributed by atoms with van der Waals surface area (Å²) in [5.41, 5.74) is 8.64. The second-order valence-corrected chi connectivity index (χ2v) is 6.89. The highest BCUT2D eigenvalue weighted by Crippen LogP contribution is 2.32. The quantitative estimate of drug-likeness (QED) is 0.875. The summed E-state index contributed by atoms with van der Waals surface area (Å²) in [7, 11) is 0. The zero-order chi connectivity index (χ0) is 12.4. The minimum Gasteiger partial charge on any atom is -0.369 e. The summed E-state index contributed by atoms with van der Waals surface area (Å²) < 4.78 is 0. The van der Waals surface area contributed by atoms with Crippen LogP contribution in [0.5, 0.6) is 0 Å². The first-order valence-corrected chi connectivity index (χ1v) is 7.27. The molecule has 0 aliphatic carbocycles. The minimum atomic E-state index is 0.103. The molecule has 2 nitrogen and oxygen atoms in total. The van der Waals surface area contributed by atoms with Crippen molar-refractivity contribution in [2.24, 2.45) is 5.73 Å². The van der Waals surface area contributed by atoms with Crippen LogP contribution < -0.4 is 10.6 Å². The van der Waals surface area contributed by atoms with E-state index >= 15 is 0 Å². The van der Waals surface area contributed by atoms with Gasteiger partial charge in [0.25, 0.3) is 0 Å². The van der Waals surface area contributed by atoms with Crippen LogP contribution in [0.1, 0.15) is 32.4 Å². The fourth-order valence-electron chi connectivity index (χ4n) is 2.54. The molecule has 0 radical (unpaired) electrons. The highest BCUT2D eigenvalue weighted by Gasteiger charge is 2.24. The van der Waals surface area contributed by atoms with Gasteiger partial charge in [-0.1, -0.05) is 32.0 Å². The van der Waals surface area contributed by atoms with Crippen molar-refractivity contribution in [3.8, 4) is 0 Å². The second-order valence-electron chi connectivity index (χ2n) is 5.01. The lowest BCUT2D eigenvalue weighted by Gasteiger charge is -2.37. The van der Waals surface area contributed by atoms with Crippen LogP contribution in [0.3, 0.4) is 0 Å². The third-order valence-electron chi connectivity index (χ3n) is 3.19. The standard InChI is InChI=1S/C14H22N2S/c1-10-8-16(9-11(2)17-10)14-7-5-4-6-13(14)12(3)15/h4-7,10-12H,8-9,15H2,1-3H3. The third kappa shape index (κ3) is 2.96. The summed E-state index contributed by atoms with van der Waals surface area (Å²) >= 11 is 2.08. The summed E-state index contributed by atoms with van der Waals surface area (Å²) in [6.07, 6.45) is 0. The first-order chi connectivity index (χ1) is 8.08. The maximum absolute atomic E-state index is 6.06. The van der Waals surface area contributed by atoms with Gasteiger partial charge in [-0.05, 0) is 18.6 Å². The van der Waals surface area contributed by atoms with Crippen LogP contribution in [0.2, 0.25) is 0 Å². The highest BCUT2D eigenvalue weighted by molar-refractivity contribution is 8.00. The van der Waals surface area contributed by atoms with E-state index in [2.05, 4.69) is 61.7 Å². The maximum atomic E-state index is 6.06. The topological polar surface area (TPSA) is 29.3 Å². The fourth-order valence-corrected chi connectivity index (χ4v) is 3.86. The molecule has 2 rings (SSSR count). The number of para-hydroxylation sites is 1. The van der Waals surface area contributed by atoms with Crippen molar-refractivity contribution in [3.05, 3.63) is 29.8 Å². The monoisotopic (exact) mass is 250 g/mol. The summed E-state index contributed by atoms with van der Waals surface area (Å²) in [5, 5.41) is 1.39. The molecule has 0 amide bonds. The fraction of sp³-hybridized carbons (Fsp3) is 0.571. The van der Waals surface area contributed by atoms with Crippen LogP contribution in [-0.2, 0) is 0 Å². The molecule has 1 fully saturated rings. The number of benzene rings is 1. The number of thioether (sulfide) groups is 1. The van der Waals surface area contributed by atoms with Gasteiger partial charge < -0.3 is 10.6 Å². The van der Waals surface area contributed by atoms with E-state index in [1.54, 1.807) is 0 Å². The summed E-state index contributed by atoms with van der Waals surface area (Å²) in [6.45, 7) is 8.92. The molecule has 17 heavy (non-hydrogen) atoms. The molecule has 94 valence electrons. The molecule has 3 heteroatoms. The molecular formula is C14H22N2S. The van der Waals surface area contributed by atoms with Crippen LogP contribution in [0.25, 0.3) is 0 Å². The van der Waals surface area contributed by atoms with E-state index in [-0.39, 0.29) is 6.04 Å². The molecule has 1 heterocycles. The SMILES string of the molecule is CC1CN(c2ccccc2C(C)N)CC(C)S1. The highest BCUT2D eigenvalue weighted by atomic mass is 32.2. The van der Waals surface area contributed by atoms with E-state index in [1.807, 2.05) is 0 Å². The van der Waals surface area contributed by atoms with E-state index in [9.17, 15) is 0 Å². The van der Waals surface area contributed by atoms with Gasteiger partial charge >= 0.3 is 0 Å². The molecule has 1 aliphatic heterocycles. The molecule has 3 atom stereocenters. The van der Waals surface area contributed by atoms with Crippen molar-refractivity contribution in [2.45, 2.75) is 37.3 Å². The Balaban J connectivity index is 2.27. The molecule has 2 N–H and O–H groups in total. The van der Waals surface area contributed by atoms with Gasteiger partial charge in [-0.2, -0.15) is 11.8 Å². The summed E-state index contributed by atoms with van der Waals surface area (Å²) in [4.78, 5) is 2.49. The maximum Gasteiger partial charge on any atom is 0.0415 e. The van der Waals surface area contributed by atoms with Crippen molar-refractivity contribution in [1.29, 1.82) is 0 Å². The zero-order valence-corrected chi connectivity index (χ0v) is 11.7. The molecule has 1 aromatic rings. The van der Waals surface area contributed by atoms with Crippen molar-refractivity contribution in [1.82, 2.24) is 0 Å². The zero-order valence-electron chi connectivity index (χ0n) is 10.9. The van der Waals surface area contributed by atoms with Crippen LogP contribution in [0, 0.1) is 0 Å². The van der Waals surface area contributed by atoms with Gasteiger partial charge in [0.2, 0.25) is 0 Å².